The highest BCUT2D eigenvalue weighted by Crippen LogP contribution is 2.36. The van der Waals surface area contributed by atoms with Crippen molar-refractivity contribution in [2.24, 2.45) is 0 Å². The fraction of sp³-hybridized carbons (Fsp3) is 0.0698. The molecule has 6 rings (SSSR count). The van der Waals surface area contributed by atoms with E-state index in [1.807, 2.05) is 36.4 Å². The number of nitrogens with zero attached hydrogens (tertiary/aromatic N) is 1. The molecule has 0 radical (unpaired) electrons. The molecule has 5 aromatic carbocycles. The fourth-order valence-electron chi connectivity index (χ4n) is 5.47. The van der Waals surface area contributed by atoms with Crippen LogP contribution < -0.4 is 4.90 Å². The van der Waals surface area contributed by atoms with Crippen LogP contribution in [0.15, 0.2) is 164 Å². The van der Waals surface area contributed by atoms with Crippen LogP contribution >= 0.6 is 0 Å². The van der Waals surface area contributed by atoms with E-state index in [1.165, 1.54) is 0 Å². The fourth-order valence-corrected chi connectivity index (χ4v) is 5.47. The van der Waals surface area contributed by atoms with Crippen LogP contribution in [0.25, 0.3) is 33.8 Å². The number of methoxy groups -OCH3 is 1. The lowest BCUT2D eigenvalue weighted by atomic mass is 9.96. The number of allylic oxidation sites excluding steroid dienone is 4. The molecule has 1 aliphatic rings. The SMILES string of the molecule is C#CC1/C=C\C=C/C/C=C(/c2cc(C(=C)OC)cc(-c3ccc(-c4ccc(N(c5ccccc5)c5ccccc5)cc4)cc3)c2)O1. The molecule has 1 atom stereocenters. The molecule has 224 valence electrons. The first-order valence-corrected chi connectivity index (χ1v) is 15.3. The monoisotopic (exact) mass is 597 g/mol. The molecule has 0 fully saturated rings. The quantitative estimate of drug-likeness (QED) is 0.131. The van der Waals surface area contributed by atoms with Gasteiger partial charge in [0.25, 0.3) is 0 Å². The van der Waals surface area contributed by atoms with Crippen molar-refractivity contribution < 1.29 is 9.47 Å². The van der Waals surface area contributed by atoms with Gasteiger partial charge >= 0.3 is 0 Å². The Morgan fingerprint density at radius 1 is 0.717 bits per heavy atom. The van der Waals surface area contributed by atoms with Gasteiger partial charge in [0.1, 0.15) is 11.5 Å². The smallest absolute Gasteiger partial charge is 0.177 e. The van der Waals surface area contributed by atoms with Gasteiger partial charge < -0.3 is 14.4 Å². The Bertz CT molecular complexity index is 1890. The van der Waals surface area contributed by atoms with E-state index in [2.05, 4.69) is 139 Å². The number of hydrogen-bond acceptors (Lipinski definition) is 3. The minimum absolute atomic E-state index is 0.468. The molecule has 0 bridgehead atoms. The van der Waals surface area contributed by atoms with Crippen molar-refractivity contribution in [1.29, 1.82) is 0 Å². The van der Waals surface area contributed by atoms with Crippen molar-refractivity contribution in [3.05, 3.63) is 175 Å². The Morgan fingerprint density at radius 3 is 1.85 bits per heavy atom. The minimum Gasteiger partial charge on any atom is -0.497 e. The zero-order valence-corrected chi connectivity index (χ0v) is 25.8. The molecule has 3 heteroatoms. The second-order valence-electron chi connectivity index (χ2n) is 10.9. The molecule has 1 aliphatic heterocycles. The second-order valence-corrected chi connectivity index (χ2v) is 10.9. The number of benzene rings is 5. The third-order valence-corrected chi connectivity index (χ3v) is 7.88. The lowest BCUT2D eigenvalue weighted by Gasteiger charge is -2.25. The second kappa shape index (κ2) is 14.2. The van der Waals surface area contributed by atoms with Crippen LogP contribution in [0.4, 0.5) is 17.1 Å². The lowest BCUT2D eigenvalue weighted by Crippen LogP contribution is -2.09. The molecule has 0 N–H and O–H groups in total. The molecule has 46 heavy (non-hydrogen) atoms. The van der Waals surface area contributed by atoms with E-state index < -0.39 is 6.10 Å². The van der Waals surface area contributed by atoms with Crippen LogP contribution in [-0.4, -0.2) is 13.2 Å². The summed E-state index contributed by atoms with van der Waals surface area (Å²) in [7, 11) is 1.63. The molecular formula is C43H35NO2. The third-order valence-electron chi connectivity index (χ3n) is 7.88. The molecule has 0 aromatic heterocycles. The van der Waals surface area contributed by atoms with E-state index in [9.17, 15) is 0 Å². The van der Waals surface area contributed by atoms with Crippen molar-refractivity contribution in [1.82, 2.24) is 0 Å². The summed E-state index contributed by atoms with van der Waals surface area (Å²) in [5.74, 6) is 4.02. The number of para-hydroxylation sites is 2. The van der Waals surface area contributed by atoms with Crippen LogP contribution in [0.1, 0.15) is 17.5 Å². The van der Waals surface area contributed by atoms with Gasteiger partial charge in [0, 0.05) is 28.2 Å². The normalized spacial score (nSPS) is 16.6. The number of ether oxygens (including phenoxy) is 2. The Kier molecular flexibility index (Phi) is 9.28. The van der Waals surface area contributed by atoms with Crippen LogP contribution in [0.5, 0.6) is 0 Å². The number of rotatable bonds is 8. The molecule has 5 aromatic rings. The van der Waals surface area contributed by atoms with E-state index in [0.717, 1.165) is 62.6 Å². The van der Waals surface area contributed by atoms with Gasteiger partial charge in [0.15, 0.2) is 6.10 Å². The molecule has 0 saturated heterocycles. The Labute approximate surface area is 272 Å². The van der Waals surface area contributed by atoms with Gasteiger partial charge in [-0.15, -0.1) is 6.42 Å². The Morgan fingerprint density at radius 2 is 1.26 bits per heavy atom. The third kappa shape index (κ3) is 6.88. The van der Waals surface area contributed by atoms with E-state index in [-0.39, 0.29) is 0 Å². The summed E-state index contributed by atoms with van der Waals surface area (Å²) in [5, 5.41) is 0. The summed E-state index contributed by atoms with van der Waals surface area (Å²) in [6, 6.07) is 44.4. The minimum atomic E-state index is -0.468. The van der Waals surface area contributed by atoms with E-state index >= 15 is 0 Å². The first-order valence-electron chi connectivity index (χ1n) is 15.3. The summed E-state index contributed by atoms with van der Waals surface area (Å²) >= 11 is 0. The molecular weight excluding hydrogens is 562 g/mol. The Balaban J connectivity index is 1.30. The van der Waals surface area contributed by atoms with Crippen molar-refractivity contribution in [2.45, 2.75) is 12.5 Å². The van der Waals surface area contributed by atoms with Crippen LogP contribution in [0.3, 0.4) is 0 Å². The summed E-state index contributed by atoms with van der Waals surface area (Å²) in [5.41, 5.74) is 9.50. The summed E-state index contributed by atoms with van der Waals surface area (Å²) < 4.78 is 11.8. The first kappa shape index (κ1) is 30.1. The maximum Gasteiger partial charge on any atom is 0.177 e. The van der Waals surface area contributed by atoms with Crippen LogP contribution in [-0.2, 0) is 9.47 Å². The maximum absolute atomic E-state index is 6.25. The molecule has 1 unspecified atom stereocenters. The molecule has 0 saturated carbocycles. The topological polar surface area (TPSA) is 21.7 Å². The highest BCUT2D eigenvalue weighted by atomic mass is 16.5. The van der Waals surface area contributed by atoms with Gasteiger partial charge in [-0.2, -0.15) is 0 Å². The van der Waals surface area contributed by atoms with Gasteiger partial charge in [-0.25, -0.2) is 0 Å². The van der Waals surface area contributed by atoms with E-state index in [0.29, 0.717) is 5.76 Å². The summed E-state index contributed by atoms with van der Waals surface area (Å²) in [6.07, 6.45) is 15.9. The Hall–Kier alpha value is -5.98. The van der Waals surface area contributed by atoms with Crippen molar-refractivity contribution in [3.8, 4) is 34.6 Å². The summed E-state index contributed by atoms with van der Waals surface area (Å²) in [6.45, 7) is 4.12. The molecule has 0 aliphatic carbocycles. The van der Waals surface area contributed by atoms with E-state index in [4.69, 9.17) is 15.9 Å². The maximum atomic E-state index is 6.25. The van der Waals surface area contributed by atoms with Crippen molar-refractivity contribution >= 4 is 28.6 Å². The van der Waals surface area contributed by atoms with Crippen LogP contribution in [0, 0.1) is 12.3 Å². The van der Waals surface area contributed by atoms with Crippen LogP contribution in [0.2, 0.25) is 0 Å². The van der Waals surface area contributed by atoms with Gasteiger partial charge in [-0.05, 0) is 95.4 Å². The number of terminal acetylenes is 1. The standard InChI is InChI=1S/C43H35NO2/c1-4-42-19-13-5-6-14-20-43(46-42)38-30-36(32(2)45-3)29-37(31-38)35-23-21-33(22-24-35)34-25-27-41(28-26-34)44(39-15-9-7-10-16-39)40-17-11-8-12-18-40/h1,5-13,15-31,42H,2,14H2,3H3/b6-5-,19-13-,43-20-. The zero-order chi connectivity index (χ0) is 31.7. The molecule has 0 amide bonds. The highest BCUT2D eigenvalue weighted by Gasteiger charge is 2.15. The highest BCUT2D eigenvalue weighted by molar-refractivity contribution is 5.80. The molecule has 1 heterocycles. The number of hydrogen-bond donors (Lipinski definition) is 0. The predicted molar refractivity (Wildman–Crippen MR) is 193 cm³/mol. The van der Waals surface area contributed by atoms with Gasteiger partial charge in [-0.3, -0.25) is 0 Å². The van der Waals surface area contributed by atoms with E-state index in [1.54, 1.807) is 7.11 Å². The lowest BCUT2D eigenvalue weighted by molar-refractivity contribution is 0.263. The zero-order valence-electron chi connectivity index (χ0n) is 25.8. The number of anilines is 3. The summed E-state index contributed by atoms with van der Waals surface area (Å²) in [4.78, 5) is 2.26. The largest absolute Gasteiger partial charge is 0.497 e. The van der Waals surface area contributed by atoms with Crippen molar-refractivity contribution in [3.63, 3.8) is 0 Å². The average molecular weight is 598 g/mol. The first-order chi connectivity index (χ1) is 22.6. The van der Waals surface area contributed by atoms with Gasteiger partial charge in [-0.1, -0.05) is 104 Å². The predicted octanol–water partition coefficient (Wildman–Crippen LogP) is 11.0. The molecule has 3 nitrogen and oxygen atoms in total. The van der Waals surface area contributed by atoms with Gasteiger partial charge in [0.05, 0.1) is 7.11 Å². The molecule has 0 spiro atoms. The van der Waals surface area contributed by atoms with Gasteiger partial charge in [0.2, 0.25) is 0 Å². The average Bonchev–Trinajstić information content (AvgIpc) is 3.25. The van der Waals surface area contributed by atoms with Crippen molar-refractivity contribution in [2.75, 3.05) is 12.0 Å².